The minimum Gasteiger partial charge on any atom is -0.494 e. The van der Waals surface area contributed by atoms with Crippen molar-refractivity contribution in [1.82, 2.24) is 40.1 Å². The zero-order valence-electron chi connectivity index (χ0n) is 37.0. The highest BCUT2D eigenvalue weighted by atomic mass is 19.1. The number of esters is 1. The van der Waals surface area contributed by atoms with Gasteiger partial charge in [0.2, 0.25) is 5.91 Å². The summed E-state index contributed by atoms with van der Waals surface area (Å²) in [4.78, 5) is 86.6. The third-order valence-corrected chi connectivity index (χ3v) is 10.9. The molecule has 0 saturated carbocycles. The van der Waals surface area contributed by atoms with Crippen molar-refractivity contribution in [2.24, 2.45) is 5.92 Å². The van der Waals surface area contributed by atoms with Gasteiger partial charge in [0, 0.05) is 63.6 Å². The number of hydrogen-bond acceptors (Lipinski definition) is 15. The molecule has 1 aliphatic rings. The van der Waals surface area contributed by atoms with Gasteiger partial charge in [0.25, 0.3) is 17.4 Å². The third-order valence-electron chi connectivity index (χ3n) is 10.9. The maximum Gasteiger partial charge on any atom is 0.325 e. The van der Waals surface area contributed by atoms with E-state index in [-0.39, 0.29) is 47.1 Å². The summed E-state index contributed by atoms with van der Waals surface area (Å²) in [6, 6.07) is 15.1. The van der Waals surface area contributed by atoms with Crippen LogP contribution in [0.4, 0.5) is 38.8 Å². The summed E-state index contributed by atoms with van der Waals surface area (Å²) in [5, 5.41) is 14.8. The summed E-state index contributed by atoms with van der Waals surface area (Å²) in [6.45, 7) is 1.49. The number of unbranched alkanes of at least 4 members (excludes halogenated alkanes) is 1. The molecule has 1 aliphatic heterocycles. The molecule has 0 bridgehead atoms. The lowest BCUT2D eigenvalue weighted by molar-refractivity contribution is -0.141. The van der Waals surface area contributed by atoms with Crippen molar-refractivity contribution in [3.05, 3.63) is 131 Å². The van der Waals surface area contributed by atoms with Crippen LogP contribution in [0.25, 0.3) is 11.4 Å². The summed E-state index contributed by atoms with van der Waals surface area (Å²) in [7, 11) is 4.24. The highest BCUT2D eigenvalue weighted by Crippen LogP contribution is 2.37. The van der Waals surface area contributed by atoms with Crippen molar-refractivity contribution in [2.45, 2.75) is 38.6 Å². The lowest BCUT2D eigenvalue weighted by Crippen LogP contribution is -2.41. The van der Waals surface area contributed by atoms with Gasteiger partial charge in [-0.3, -0.25) is 29.0 Å². The Kier molecular flexibility index (Phi) is 15.4. The zero-order valence-corrected chi connectivity index (χ0v) is 37.0. The predicted molar refractivity (Wildman–Crippen MR) is 248 cm³/mol. The van der Waals surface area contributed by atoms with Crippen LogP contribution in [0.15, 0.2) is 103 Å². The number of rotatable bonds is 18. The number of methoxy groups -OCH3 is 2. The number of halogens is 1. The number of aryl methyl sites for hydroxylation is 1. The fourth-order valence-electron chi connectivity index (χ4n) is 7.45. The van der Waals surface area contributed by atoms with Crippen LogP contribution in [0.1, 0.15) is 52.0 Å². The Bertz CT molecular complexity index is 2790. The Labute approximate surface area is 384 Å². The molecule has 1 saturated heterocycles. The average Bonchev–Trinajstić information content (AvgIpc) is 3.35. The van der Waals surface area contributed by atoms with E-state index in [9.17, 15) is 28.4 Å². The smallest absolute Gasteiger partial charge is 0.325 e. The van der Waals surface area contributed by atoms with Gasteiger partial charge < -0.3 is 45.5 Å². The Balaban J connectivity index is 0.889. The molecule has 7 rings (SSSR count). The standard InChI is InChI=1S/C47H49FN12O7/c1-49-47(65)36-25-53-40(19-38(36)57-37-11-6-10-35(43(37)67-3)44-54-22-32(48)23-55-44)58-39-14-12-30(21-52-39)45(63)51-16-5-4-8-29-18-34(24-50-20-29)59-17-7-9-31(26-59)46(64)56-33-13-15-41(61)60(27-33)28-42(62)66-2/h6,10-15,18-25,27,31H,4-5,7-9,16-17,26,28H2,1-3H3,(H,49,65)(H,51,63)(H,56,64)(H2,52,53,57,58). The van der Waals surface area contributed by atoms with Gasteiger partial charge in [-0.05, 0) is 74.1 Å². The molecular formula is C47H49FN12O7. The second kappa shape index (κ2) is 22.1. The largest absolute Gasteiger partial charge is 0.494 e. The maximum absolute atomic E-state index is 13.5. The number of pyridine rings is 4. The summed E-state index contributed by atoms with van der Waals surface area (Å²) < 4.78 is 25.1. The topological polar surface area (TPSA) is 237 Å². The van der Waals surface area contributed by atoms with Crippen LogP contribution in [-0.4, -0.2) is 94.1 Å². The van der Waals surface area contributed by atoms with Gasteiger partial charge >= 0.3 is 5.97 Å². The van der Waals surface area contributed by atoms with Crippen LogP contribution >= 0.6 is 0 Å². The number of amides is 3. The number of carbonyl (C=O) groups is 4. The van der Waals surface area contributed by atoms with Crippen LogP contribution in [0.3, 0.4) is 0 Å². The Morgan fingerprint density at radius 2 is 1.67 bits per heavy atom. The van der Waals surface area contributed by atoms with Gasteiger partial charge in [0.1, 0.15) is 18.2 Å². The number of hydrogen-bond donors (Lipinski definition) is 5. The minimum atomic E-state index is -0.572. The predicted octanol–water partition coefficient (Wildman–Crippen LogP) is 5.27. The Morgan fingerprint density at radius 1 is 0.851 bits per heavy atom. The van der Waals surface area contributed by atoms with Crippen molar-refractivity contribution in [1.29, 1.82) is 0 Å². The Hall–Kier alpha value is -8.29. The van der Waals surface area contributed by atoms with Gasteiger partial charge in [-0.2, -0.15) is 0 Å². The molecule has 20 heteroatoms. The number of para-hydroxylation sites is 1. The molecule has 0 aliphatic carbocycles. The van der Waals surface area contributed by atoms with E-state index in [1.54, 1.807) is 42.6 Å². The van der Waals surface area contributed by atoms with Crippen molar-refractivity contribution in [3.63, 3.8) is 0 Å². The molecule has 1 aromatic carbocycles. The van der Waals surface area contributed by atoms with Crippen molar-refractivity contribution >= 4 is 58.1 Å². The number of benzene rings is 1. The van der Waals surface area contributed by atoms with Gasteiger partial charge in [-0.1, -0.05) is 6.07 Å². The van der Waals surface area contributed by atoms with E-state index in [1.165, 1.54) is 56.6 Å². The quantitative estimate of drug-likeness (QED) is 0.0546. The number of nitrogens with one attached hydrogen (secondary N) is 5. The van der Waals surface area contributed by atoms with E-state index in [2.05, 4.69) is 67.2 Å². The average molecular weight is 913 g/mol. The first kappa shape index (κ1) is 46.7. The molecule has 6 heterocycles. The van der Waals surface area contributed by atoms with Crippen molar-refractivity contribution < 1.29 is 33.0 Å². The molecule has 19 nitrogen and oxygen atoms in total. The number of carbonyl (C=O) groups excluding carboxylic acids is 4. The molecule has 1 atom stereocenters. The summed E-state index contributed by atoms with van der Waals surface area (Å²) in [5.74, 6) is -0.855. The number of ether oxygens (including phenoxy) is 2. The minimum absolute atomic E-state index is 0.170. The molecule has 5 aromatic heterocycles. The monoisotopic (exact) mass is 912 g/mol. The second-order valence-corrected chi connectivity index (χ2v) is 15.5. The highest BCUT2D eigenvalue weighted by Gasteiger charge is 2.27. The van der Waals surface area contributed by atoms with Crippen LogP contribution in [0.2, 0.25) is 0 Å². The van der Waals surface area contributed by atoms with Crippen LogP contribution in [0, 0.1) is 11.7 Å². The Morgan fingerprint density at radius 3 is 2.43 bits per heavy atom. The summed E-state index contributed by atoms with van der Waals surface area (Å²) >= 11 is 0. The molecule has 67 heavy (non-hydrogen) atoms. The molecule has 346 valence electrons. The van der Waals surface area contributed by atoms with Gasteiger partial charge in [-0.15, -0.1) is 0 Å². The normalized spacial score (nSPS) is 13.3. The molecule has 0 radical (unpaired) electrons. The number of aromatic nitrogens is 6. The molecule has 5 N–H and O–H groups in total. The first-order chi connectivity index (χ1) is 32.5. The molecule has 1 unspecified atom stereocenters. The number of anilines is 6. The summed E-state index contributed by atoms with van der Waals surface area (Å²) in [5.41, 5.74) is 4.03. The van der Waals surface area contributed by atoms with Crippen molar-refractivity contribution in [3.8, 4) is 17.1 Å². The van der Waals surface area contributed by atoms with Crippen LogP contribution in [0.5, 0.6) is 5.75 Å². The molecule has 0 spiro atoms. The van der Waals surface area contributed by atoms with Crippen LogP contribution < -0.4 is 41.8 Å². The lowest BCUT2D eigenvalue weighted by atomic mass is 9.96. The van der Waals surface area contributed by atoms with Gasteiger partial charge in [-0.25, -0.2) is 24.3 Å². The van der Waals surface area contributed by atoms with E-state index in [1.807, 2.05) is 6.20 Å². The molecule has 3 amide bonds. The highest BCUT2D eigenvalue weighted by molar-refractivity contribution is 6.01. The van der Waals surface area contributed by atoms with E-state index < -0.39 is 11.8 Å². The zero-order chi connectivity index (χ0) is 47.3. The number of piperidine rings is 1. The number of nitrogens with zero attached hydrogens (tertiary/aromatic N) is 7. The second-order valence-electron chi connectivity index (χ2n) is 15.5. The third kappa shape index (κ3) is 12.1. The first-order valence-electron chi connectivity index (χ1n) is 21.4. The van der Waals surface area contributed by atoms with E-state index in [0.29, 0.717) is 65.1 Å². The van der Waals surface area contributed by atoms with Crippen molar-refractivity contribution in [2.75, 3.05) is 61.8 Å². The van der Waals surface area contributed by atoms with Gasteiger partial charge in [0.15, 0.2) is 17.4 Å². The molecule has 1 fully saturated rings. The van der Waals surface area contributed by atoms with E-state index in [0.717, 1.165) is 55.9 Å². The lowest BCUT2D eigenvalue weighted by Gasteiger charge is -2.33. The van der Waals surface area contributed by atoms with E-state index in [4.69, 9.17) is 4.74 Å². The SMILES string of the molecule is CNC(=O)c1cnc(Nc2ccc(C(=O)NCCCCc3cncc(N4CCCC(C(=O)Nc5ccc(=O)n(CC(=O)OC)c5)C4)c3)cn2)cc1Nc1cccc(-c2ncc(F)cn2)c1OC. The van der Waals surface area contributed by atoms with Crippen LogP contribution in [-0.2, 0) is 27.3 Å². The molecular weight excluding hydrogens is 864 g/mol. The summed E-state index contributed by atoms with van der Waals surface area (Å²) in [6.07, 6.45) is 13.9. The van der Waals surface area contributed by atoms with Gasteiger partial charge in [0.05, 0.1) is 78.2 Å². The molecule has 6 aromatic rings. The van der Waals surface area contributed by atoms with E-state index >= 15 is 0 Å². The maximum atomic E-state index is 13.5. The fourth-order valence-corrected chi connectivity index (χ4v) is 7.45. The fraction of sp³-hybridized carbons (Fsp3) is 0.277. The first-order valence-corrected chi connectivity index (χ1v) is 21.4.